The number of hydrogen-bond donors (Lipinski definition) is 4. The zero-order valence-electron chi connectivity index (χ0n) is 14.9. The Balaban J connectivity index is 1.33. The molecule has 136 valence electrons. The van der Waals surface area contributed by atoms with E-state index >= 15 is 0 Å². The summed E-state index contributed by atoms with van der Waals surface area (Å²) in [5.41, 5.74) is 4.25. The zero-order chi connectivity index (χ0) is 18.2. The molecule has 3 heterocycles. The quantitative estimate of drug-likeness (QED) is 0.416. The van der Waals surface area contributed by atoms with Crippen molar-refractivity contribution in [2.45, 2.75) is 31.7 Å². The van der Waals surface area contributed by atoms with Crippen molar-refractivity contribution in [3.05, 3.63) is 54.1 Å². The molecule has 1 fully saturated rings. The van der Waals surface area contributed by atoms with E-state index in [2.05, 4.69) is 53.8 Å². The topological polar surface area (TPSA) is 107 Å². The minimum Gasteiger partial charge on any atom is -0.348 e. The van der Waals surface area contributed by atoms with Gasteiger partial charge in [-0.15, -0.1) is 0 Å². The third-order valence-electron chi connectivity index (χ3n) is 4.82. The minimum absolute atomic E-state index is 0.0131. The van der Waals surface area contributed by atoms with Crippen LogP contribution in [0.15, 0.2) is 42.9 Å². The van der Waals surface area contributed by atoms with E-state index in [1.807, 2.05) is 24.3 Å². The van der Waals surface area contributed by atoms with E-state index in [1.54, 1.807) is 12.5 Å². The second-order valence-corrected chi connectivity index (χ2v) is 6.89. The summed E-state index contributed by atoms with van der Waals surface area (Å²) in [5.74, 6) is 2.67. The molecule has 27 heavy (non-hydrogen) atoms. The van der Waals surface area contributed by atoms with Gasteiger partial charge in [0.2, 0.25) is 5.95 Å². The number of fused-ring (bicyclic) bond motifs is 1. The van der Waals surface area contributed by atoms with Gasteiger partial charge in [0.1, 0.15) is 5.82 Å². The molecule has 1 aliphatic rings. The van der Waals surface area contributed by atoms with Gasteiger partial charge in [-0.3, -0.25) is 5.10 Å². The minimum atomic E-state index is 0.0131. The van der Waals surface area contributed by atoms with Crippen molar-refractivity contribution in [3.63, 3.8) is 0 Å². The molecule has 1 aliphatic carbocycles. The Morgan fingerprint density at radius 3 is 2.96 bits per heavy atom. The Hall–Kier alpha value is -3.42. The molecule has 8 nitrogen and oxygen atoms in total. The first-order chi connectivity index (χ1) is 13.3. The van der Waals surface area contributed by atoms with E-state index in [4.69, 9.17) is 0 Å². The first-order valence-corrected chi connectivity index (χ1v) is 9.10. The smallest absolute Gasteiger partial charge is 0.225 e. The Kier molecular flexibility index (Phi) is 3.74. The standard InChI is InChI=1S/C19H20N8/c1-11(13-3-2-4-14-18(13)22-10-21-14)23-19-20-8-7-16(25-19)24-17-9-15(26-27-17)12-5-6-12/h2-4,7-12H,5-6H2,1H3,(H,21,22)(H3,20,23,24,25,26,27)/t11-/m0/s1. The lowest BCUT2D eigenvalue weighted by Gasteiger charge is -2.15. The van der Waals surface area contributed by atoms with Gasteiger partial charge in [0, 0.05) is 29.4 Å². The molecule has 1 saturated carbocycles. The number of nitrogens with one attached hydrogen (secondary N) is 4. The van der Waals surface area contributed by atoms with Gasteiger partial charge in [0.25, 0.3) is 0 Å². The number of H-pyrrole nitrogens is 2. The van der Waals surface area contributed by atoms with Crippen LogP contribution in [-0.4, -0.2) is 30.1 Å². The normalized spacial score (nSPS) is 15.0. The van der Waals surface area contributed by atoms with Gasteiger partial charge in [-0.25, -0.2) is 9.97 Å². The second kappa shape index (κ2) is 6.39. The van der Waals surface area contributed by atoms with Gasteiger partial charge in [0.15, 0.2) is 5.82 Å². The van der Waals surface area contributed by atoms with Gasteiger partial charge in [-0.05, 0) is 31.9 Å². The summed E-state index contributed by atoms with van der Waals surface area (Å²) >= 11 is 0. The third kappa shape index (κ3) is 3.21. The van der Waals surface area contributed by atoms with Crippen molar-refractivity contribution in [2.24, 2.45) is 0 Å². The van der Waals surface area contributed by atoms with Crippen LogP contribution < -0.4 is 10.6 Å². The van der Waals surface area contributed by atoms with Crippen molar-refractivity contribution in [3.8, 4) is 0 Å². The number of aromatic nitrogens is 6. The van der Waals surface area contributed by atoms with Crippen LogP contribution in [0.4, 0.5) is 17.6 Å². The molecule has 8 heteroatoms. The zero-order valence-corrected chi connectivity index (χ0v) is 14.9. The highest BCUT2D eigenvalue weighted by Gasteiger charge is 2.25. The van der Waals surface area contributed by atoms with Crippen LogP contribution in [-0.2, 0) is 0 Å². The lowest BCUT2D eigenvalue weighted by Crippen LogP contribution is -2.10. The number of anilines is 3. The summed E-state index contributed by atoms with van der Waals surface area (Å²) in [6, 6.07) is 9.98. The summed E-state index contributed by atoms with van der Waals surface area (Å²) in [4.78, 5) is 16.4. The molecule has 4 aromatic rings. The first kappa shape index (κ1) is 15.8. The average molecular weight is 360 g/mol. The fourth-order valence-electron chi connectivity index (χ4n) is 3.24. The largest absolute Gasteiger partial charge is 0.348 e. The van der Waals surface area contributed by atoms with Crippen molar-refractivity contribution in [1.82, 2.24) is 30.1 Å². The number of hydrogen-bond acceptors (Lipinski definition) is 6. The highest BCUT2D eigenvalue weighted by atomic mass is 15.2. The molecule has 0 unspecified atom stereocenters. The summed E-state index contributed by atoms with van der Waals surface area (Å²) < 4.78 is 0. The molecule has 0 saturated heterocycles. The molecule has 0 radical (unpaired) electrons. The monoisotopic (exact) mass is 360 g/mol. The molecule has 5 rings (SSSR count). The molecule has 3 aromatic heterocycles. The molecule has 4 N–H and O–H groups in total. The summed E-state index contributed by atoms with van der Waals surface area (Å²) in [7, 11) is 0. The highest BCUT2D eigenvalue weighted by Crippen LogP contribution is 2.39. The molecule has 0 aliphatic heterocycles. The maximum atomic E-state index is 4.56. The SMILES string of the molecule is C[C@H](Nc1nccc(Nc2cc(C3CC3)[nH]n2)n1)c1cccc2[nH]cnc12. The Labute approximate surface area is 155 Å². The molecule has 1 aromatic carbocycles. The number of imidazole rings is 1. The third-order valence-corrected chi connectivity index (χ3v) is 4.82. The van der Waals surface area contributed by atoms with Crippen molar-refractivity contribution in [1.29, 1.82) is 0 Å². The van der Waals surface area contributed by atoms with Crippen LogP contribution in [0.25, 0.3) is 11.0 Å². The van der Waals surface area contributed by atoms with Gasteiger partial charge >= 0.3 is 0 Å². The second-order valence-electron chi connectivity index (χ2n) is 6.89. The van der Waals surface area contributed by atoms with E-state index < -0.39 is 0 Å². The Bertz CT molecular complexity index is 1080. The number of nitrogens with zero attached hydrogens (tertiary/aromatic N) is 4. The number of benzene rings is 1. The van der Waals surface area contributed by atoms with Gasteiger partial charge in [-0.1, -0.05) is 12.1 Å². The number of para-hydroxylation sites is 1. The van der Waals surface area contributed by atoms with E-state index in [0.717, 1.165) is 22.4 Å². The maximum absolute atomic E-state index is 4.56. The predicted molar refractivity (Wildman–Crippen MR) is 104 cm³/mol. The Morgan fingerprint density at radius 1 is 1.15 bits per heavy atom. The molecular weight excluding hydrogens is 340 g/mol. The lowest BCUT2D eigenvalue weighted by molar-refractivity contribution is 0.867. The lowest BCUT2D eigenvalue weighted by atomic mass is 10.1. The molecule has 1 atom stereocenters. The van der Waals surface area contributed by atoms with Crippen LogP contribution in [0.1, 0.15) is 43.0 Å². The molecule has 0 bridgehead atoms. The average Bonchev–Trinajstić information content (AvgIpc) is 3.22. The highest BCUT2D eigenvalue weighted by molar-refractivity contribution is 5.79. The van der Waals surface area contributed by atoms with Gasteiger partial charge in [-0.2, -0.15) is 10.1 Å². The predicted octanol–water partition coefficient (Wildman–Crippen LogP) is 3.87. The fourth-order valence-corrected chi connectivity index (χ4v) is 3.24. The van der Waals surface area contributed by atoms with Crippen LogP contribution in [0.2, 0.25) is 0 Å². The Morgan fingerprint density at radius 2 is 2.07 bits per heavy atom. The maximum Gasteiger partial charge on any atom is 0.225 e. The van der Waals surface area contributed by atoms with Gasteiger partial charge in [0.05, 0.1) is 23.4 Å². The van der Waals surface area contributed by atoms with E-state index in [1.165, 1.54) is 18.5 Å². The summed E-state index contributed by atoms with van der Waals surface area (Å²) in [5, 5.41) is 14.0. The van der Waals surface area contributed by atoms with Crippen molar-refractivity contribution in [2.75, 3.05) is 10.6 Å². The molecule has 0 amide bonds. The number of rotatable bonds is 6. The first-order valence-electron chi connectivity index (χ1n) is 9.10. The van der Waals surface area contributed by atoms with Crippen molar-refractivity contribution < 1.29 is 0 Å². The van der Waals surface area contributed by atoms with Crippen LogP contribution in [0.5, 0.6) is 0 Å². The fraction of sp³-hybridized carbons (Fsp3) is 0.263. The van der Waals surface area contributed by atoms with E-state index in [9.17, 15) is 0 Å². The van der Waals surface area contributed by atoms with Crippen LogP contribution in [0, 0.1) is 0 Å². The van der Waals surface area contributed by atoms with Crippen LogP contribution in [0.3, 0.4) is 0 Å². The summed E-state index contributed by atoms with van der Waals surface area (Å²) in [6.07, 6.45) is 5.92. The molecule has 0 spiro atoms. The van der Waals surface area contributed by atoms with Crippen molar-refractivity contribution >= 4 is 28.6 Å². The number of aromatic amines is 2. The van der Waals surface area contributed by atoms with E-state index in [-0.39, 0.29) is 6.04 Å². The van der Waals surface area contributed by atoms with Crippen LogP contribution >= 0.6 is 0 Å². The molecular formula is C19H20N8. The van der Waals surface area contributed by atoms with Gasteiger partial charge < -0.3 is 15.6 Å². The van der Waals surface area contributed by atoms with E-state index in [0.29, 0.717) is 17.7 Å². The summed E-state index contributed by atoms with van der Waals surface area (Å²) in [6.45, 7) is 2.07.